The smallest absolute Gasteiger partial charge is 0.252 e. The predicted molar refractivity (Wildman–Crippen MR) is 112 cm³/mol. The second-order valence-electron chi connectivity index (χ2n) is 6.65. The van der Waals surface area contributed by atoms with Crippen molar-refractivity contribution in [2.75, 3.05) is 19.6 Å². The summed E-state index contributed by atoms with van der Waals surface area (Å²) >= 11 is 5.81. The summed E-state index contributed by atoms with van der Waals surface area (Å²) in [5.41, 5.74) is 1.58. The van der Waals surface area contributed by atoms with Gasteiger partial charge >= 0.3 is 0 Å². The first-order chi connectivity index (χ1) is 14.1. The number of hydrogen-bond donors (Lipinski definition) is 3. The van der Waals surface area contributed by atoms with E-state index in [4.69, 9.17) is 11.6 Å². The van der Waals surface area contributed by atoms with Gasteiger partial charge in [-0.3, -0.25) is 9.59 Å². The minimum absolute atomic E-state index is 0.00566. The van der Waals surface area contributed by atoms with Gasteiger partial charge in [-0.2, -0.15) is 0 Å². The first-order valence-corrected chi connectivity index (χ1v) is 11.0. The van der Waals surface area contributed by atoms with Crippen molar-refractivity contribution in [2.45, 2.75) is 25.2 Å². The molecule has 0 spiro atoms. The highest BCUT2D eigenvalue weighted by molar-refractivity contribution is 7.89. The monoisotopic (exact) mass is 455 g/mol. The number of carbonyl (C=O) groups is 2. The van der Waals surface area contributed by atoms with Crippen molar-refractivity contribution >= 4 is 33.4 Å². The van der Waals surface area contributed by atoms with Gasteiger partial charge in [-0.15, -0.1) is 0 Å². The molecule has 7 nitrogen and oxygen atoms in total. The van der Waals surface area contributed by atoms with Crippen LogP contribution in [0.15, 0.2) is 41.3 Å². The summed E-state index contributed by atoms with van der Waals surface area (Å²) in [5.74, 6) is -1.43. The lowest BCUT2D eigenvalue weighted by Crippen LogP contribution is -2.36. The van der Waals surface area contributed by atoms with Crippen molar-refractivity contribution in [2.24, 2.45) is 0 Å². The Kier molecular flexibility index (Phi) is 8.33. The number of sulfonamides is 1. The fraction of sp³-hybridized carbons (Fsp3) is 0.300. The summed E-state index contributed by atoms with van der Waals surface area (Å²) in [4.78, 5) is 24.0. The molecule has 0 aromatic heterocycles. The number of benzene rings is 2. The maximum absolute atomic E-state index is 13.0. The van der Waals surface area contributed by atoms with E-state index in [1.165, 1.54) is 6.07 Å². The highest BCUT2D eigenvalue weighted by Gasteiger charge is 2.16. The van der Waals surface area contributed by atoms with Gasteiger partial charge < -0.3 is 10.6 Å². The molecule has 0 aliphatic carbocycles. The Morgan fingerprint density at radius 2 is 1.73 bits per heavy atom. The predicted octanol–water partition coefficient (Wildman–Crippen LogP) is 2.31. The molecule has 0 saturated carbocycles. The van der Waals surface area contributed by atoms with Crippen molar-refractivity contribution in [1.82, 2.24) is 15.4 Å². The van der Waals surface area contributed by atoms with Crippen LogP contribution in [-0.4, -0.2) is 39.9 Å². The third-order valence-electron chi connectivity index (χ3n) is 4.19. The van der Waals surface area contributed by atoms with E-state index in [9.17, 15) is 22.4 Å². The normalized spacial score (nSPS) is 11.2. The van der Waals surface area contributed by atoms with E-state index in [2.05, 4.69) is 15.4 Å². The zero-order valence-corrected chi connectivity index (χ0v) is 18.2. The molecule has 2 amide bonds. The van der Waals surface area contributed by atoms with Crippen LogP contribution in [0, 0.1) is 19.7 Å². The lowest BCUT2D eigenvalue weighted by Gasteiger charge is -2.11. The number of rotatable bonds is 9. The zero-order chi connectivity index (χ0) is 22.3. The van der Waals surface area contributed by atoms with Gasteiger partial charge in [0.05, 0.1) is 15.5 Å². The topological polar surface area (TPSA) is 104 Å². The third-order valence-corrected chi connectivity index (χ3v) is 6.10. The van der Waals surface area contributed by atoms with Crippen LogP contribution in [0.2, 0.25) is 5.02 Å². The Labute approximate surface area is 180 Å². The number of carbonyl (C=O) groups excluding carboxylic acids is 2. The van der Waals surface area contributed by atoms with Gasteiger partial charge in [-0.05, 0) is 49.2 Å². The Hall–Kier alpha value is -2.49. The summed E-state index contributed by atoms with van der Waals surface area (Å²) in [6.07, 6.45) is -0.00566. The molecule has 0 fully saturated rings. The van der Waals surface area contributed by atoms with Gasteiger partial charge in [0.25, 0.3) is 5.91 Å². The highest BCUT2D eigenvalue weighted by Crippen LogP contribution is 2.17. The maximum atomic E-state index is 13.0. The molecule has 10 heteroatoms. The first-order valence-electron chi connectivity index (χ1n) is 9.17. The molecule has 0 bridgehead atoms. The van der Waals surface area contributed by atoms with Crippen LogP contribution in [0.5, 0.6) is 0 Å². The molecule has 0 aliphatic heterocycles. The fourth-order valence-electron chi connectivity index (χ4n) is 2.61. The molecule has 0 heterocycles. The lowest BCUT2D eigenvalue weighted by molar-refractivity contribution is -0.120. The SMILES string of the molecule is Cc1ccc(C)c(S(=O)(=O)NCCNC(=O)CCNC(=O)c2ccc(F)cc2Cl)c1. The standard InChI is InChI=1S/C20H23ClFN3O4S/c1-13-3-4-14(2)18(11-13)30(28,29)25-10-9-23-19(26)7-8-24-20(27)16-6-5-15(22)12-17(16)21/h3-6,11-12,25H,7-10H2,1-2H3,(H,23,26)(H,24,27). The lowest BCUT2D eigenvalue weighted by atomic mass is 10.2. The summed E-state index contributed by atoms with van der Waals surface area (Å²) in [5, 5.41) is 5.07. The Morgan fingerprint density at radius 3 is 2.43 bits per heavy atom. The molecule has 2 aromatic carbocycles. The van der Waals surface area contributed by atoms with E-state index < -0.39 is 21.7 Å². The van der Waals surface area contributed by atoms with Gasteiger partial charge in [-0.1, -0.05) is 23.7 Å². The molecule has 0 atom stereocenters. The maximum Gasteiger partial charge on any atom is 0.252 e. The van der Waals surface area contributed by atoms with Crippen LogP contribution < -0.4 is 15.4 Å². The molecule has 0 radical (unpaired) electrons. The molecule has 2 aromatic rings. The van der Waals surface area contributed by atoms with E-state index in [0.29, 0.717) is 5.56 Å². The highest BCUT2D eigenvalue weighted by atomic mass is 35.5. The molecule has 0 unspecified atom stereocenters. The van der Waals surface area contributed by atoms with Crippen LogP contribution in [0.1, 0.15) is 27.9 Å². The molecule has 0 saturated heterocycles. The van der Waals surface area contributed by atoms with Gasteiger partial charge in [0.1, 0.15) is 5.82 Å². The zero-order valence-electron chi connectivity index (χ0n) is 16.6. The fourth-order valence-corrected chi connectivity index (χ4v) is 4.22. The average Bonchev–Trinajstić information content (AvgIpc) is 2.67. The molecule has 3 N–H and O–H groups in total. The van der Waals surface area contributed by atoms with Crippen LogP contribution in [0.4, 0.5) is 4.39 Å². The number of hydrogen-bond acceptors (Lipinski definition) is 4. The molecule has 2 rings (SSSR count). The Balaban J connectivity index is 1.72. The molecular weight excluding hydrogens is 433 g/mol. The van der Waals surface area contributed by atoms with E-state index in [-0.39, 0.29) is 47.4 Å². The second-order valence-corrected chi connectivity index (χ2v) is 8.79. The van der Waals surface area contributed by atoms with E-state index in [0.717, 1.165) is 17.7 Å². The number of aryl methyl sites for hydroxylation is 2. The van der Waals surface area contributed by atoms with E-state index in [1.54, 1.807) is 19.1 Å². The van der Waals surface area contributed by atoms with E-state index in [1.807, 2.05) is 13.0 Å². The van der Waals surface area contributed by atoms with E-state index >= 15 is 0 Å². The summed E-state index contributed by atoms with van der Waals surface area (Å²) < 4.78 is 40.2. The number of nitrogens with one attached hydrogen (secondary N) is 3. The van der Waals surface area contributed by atoms with Crippen LogP contribution >= 0.6 is 11.6 Å². The van der Waals surface area contributed by atoms with Crippen molar-refractivity contribution in [3.63, 3.8) is 0 Å². The molecule has 0 aliphatic rings. The van der Waals surface area contributed by atoms with Gasteiger partial charge in [-0.25, -0.2) is 17.5 Å². The van der Waals surface area contributed by atoms with Crippen molar-refractivity contribution < 1.29 is 22.4 Å². The molecule has 162 valence electrons. The van der Waals surface area contributed by atoms with Gasteiger partial charge in [0.15, 0.2) is 0 Å². The third kappa shape index (κ3) is 6.79. The van der Waals surface area contributed by atoms with Crippen LogP contribution in [-0.2, 0) is 14.8 Å². The van der Waals surface area contributed by atoms with Crippen LogP contribution in [0.3, 0.4) is 0 Å². The largest absolute Gasteiger partial charge is 0.355 e. The van der Waals surface area contributed by atoms with Crippen molar-refractivity contribution in [3.05, 3.63) is 63.9 Å². The average molecular weight is 456 g/mol. The summed E-state index contributed by atoms with van der Waals surface area (Å²) in [7, 11) is -3.67. The first kappa shape index (κ1) is 23.8. The van der Waals surface area contributed by atoms with Gasteiger partial charge in [0.2, 0.25) is 15.9 Å². The second kappa shape index (κ2) is 10.5. The van der Waals surface area contributed by atoms with Crippen molar-refractivity contribution in [1.29, 1.82) is 0 Å². The molecule has 30 heavy (non-hydrogen) atoms. The van der Waals surface area contributed by atoms with Crippen LogP contribution in [0.25, 0.3) is 0 Å². The summed E-state index contributed by atoms with van der Waals surface area (Å²) in [6.45, 7) is 3.69. The number of amides is 2. The number of halogens is 2. The Bertz CT molecular complexity index is 1040. The minimum atomic E-state index is -3.67. The minimum Gasteiger partial charge on any atom is -0.355 e. The molecular formula is C20H23ClFN3O4S. The quantitative estimate of drug-likeness (QED) is 0.504. The Morgan fingerprint density at radius 1 is 1.00 bits per heavy atom. The summed E-state index contributed by atoms with van der Waals surface area (Å²) in [6, 6.07) is 8.56. The van der Waals surface area contributed by atoms with Crippen molar-refractivity contribution in [3.8, 4) is 0 Å². The van der Waals surface area contributed by atoms with Gasteiger partial charge in [0, 0.05) is 26.1 Å².